The molecule has 3 aromatic rings. The molecule has 118 valence electrons. The van der Waals surface area contributed by atoms with Gasteiger partial charge in [-0.15, -0.1) is 0 Å². The van der Waals surface area contributed by atoms with E-state index in [-0.39, 0.29) is 5.91 Å². The number of benzene rings is 1. The molecular weight excluding hydrogens is 333 g/mol. The Labute approximate surface area is 144 Å². The third-order valence-electron chi connectivity index (χ3n) is 3.75. The molecule has 0 aliphatic carbocycles. The normalized spacial score (nSPS) is 11.0. The van der Waals surface area contributed by atoms with Crippen LogP contribution in [0.1, 0.15) is 28.7 Å². The van der Waals surface area contributed by atoms with Crippen LogP contribution in [0.3, 0.4) is 0 Å². The van der Waals surface area contributed by atoms with Gasteiger partial charge in [0.05, 0.1) is 27.0 Å². The predicted octanol–water partition coefficient (Wildman–Crippen LogP) is 4.76. The van der Waals surface area contributed by atoms with Crippen LogP contribution in [-0.2, 0) is 6.42 Å². The molecule has 0 atom stereocenters. The number of anilines is 1. The first-order valence-corrected chi connectivity index (χ1v) is 7.99. The average molecular weight is 348 g/mol. The molecule has 2 heterocycles. The number of aromatic nitrogens is 2. The number of aryl methyl sites for hydroxylation is 2. The van der Waals surface area contributed by atoms with E-state index in [1.165, 1.54) is 0 Å². The minimum Gasteiger partial charge on any atom is -0.319 e. The van der Waals surface area contributed by atoms with E-state index in [4.69, 9.17) is 23.2 Å². The van der Waals surface area contributed by atoms with E-state index >= 15 is 0 Å². The van der Waals surface area contributed by atoms with E-state index in [1.54, 1.807) is 30.5 Å². The van der Waals surface area contributed by atoms with Crippen LogP contribution in [0.4, 0.5) is 5.69 Å². The highest BCUT2D eigenvalue weighted by molar-refractivity contribution is 6.40. The zero-order valence-electron chi connectivity index (χ0n) is 12.7. The maximum absolute atomic E-state index is 12.5. The Balaban J connectivity index is 1.96. The summed E-state index contributed by atoms with van der Waals surface area (Å²) in [4.78, 5) is 17.0. The molecule has 1 aromatic carbocycles. The molecule has 4 nitrogen and oxygen atoms in total. The van der Waals surface area contributed by atoms with Crippen LogP contribution in [0, 0.1) is 6.92 Å². The van der Waals surface area contributed by atoms with Gasteiger partial charge in [-0.1, -0.05) is 36.2 Å². The Hall–Kier alpha value is -2.04. The lowest BCUT2D eigenvalue weighted by atomic mass is 10.2. The molecule has 1 amide bonds. The second-order valence-electron chi connectivity index (χ2n) is 5.19. The highest BCUT2D eigenvalue weighted by Crippen LogP contribution is 2.30. The number of nitrogens with zero attached hydrogens (tertiary/aromatic N) is 2. The summed E-state index contributed by atoms with van der Waals surface area (Å²) in [5.74, 6) is -0.270. The number of para-hydroxylation sites is 1. The Bertz CT molecular complexity index is 882. The molecule has 6 heteroatoms. The second kappa shape index (κ2) is 6.22. The summed E-state index contributed by atoms with van der Waals surface area (Å²) in [6, 6.07) is 8.66. The summed E-state index contributed by atoms with van der Waals surface area (Å²) in [5, 5.41) is 3.57. The molecule has 0 fully saturated rings. The Morgan fingerprint density at radius 2 is 1.91 bits per heavy atom. The third kappa shape index (κ3) is 2.92. The Morgan fingerprint density at radius 3 is 2.57 bits per heavy atom. The maximum atomic E-state index is 12.5. The van der Waals surface area contributed by atoms with Crippen molar-refractivity contribution in [1.82, 2.24) is 9.38 Å². The summed E-state index contributed by atoms with van der Waals surface area (Å²) in [6.07, 6.45) is 2.63. The smallest absolute Gasteiger partial charge is 0.257 e. The lowest BCUT2D eigenvalue weighted by Gasteiger charge is -2.09. The standard InChI is InChI=1S/C17H15Cl2N3O/c1-3-14-10(2)22-9-11(7-8-15(22)20-14)17(23)21-16-12(18)5-4-6-13(16)19/h4-9H,3H2,1-2H3,(H,21,23). The van der Waals surface area contributed by atoms with Gasteiger partial charge in [0.25, 0.3) is 5.91 Å². The first kappa shape index (κ1) is 15.8. The molecule has 0 aliphatic rings. The molecule has 0 saturated heterocycles. The highest BCUT2D eigenvalue weighted by atomic mass is 35.5. The number of halogens is 2. The van der Waals surface area contributed by atoms with Crippen LogP contribution < -0.4 is 5.32 Å². The van der Waals surface area contributed by atoms with Crippen molar-refractivity contribution in [1.29, 1.82) is 0 Å². The van der Waals surface area contributed by atoms with E-state index in [0.29, 0.717) is 21.3 Å². The number of hydrogen-bond donors (Lipinski definition) is 1. The first-order valence-electron chi connectivity index (χ1n) is 7.24. The van der Waals surface area contributed by atoms with Gasteiger partial charge in [0.1, 0.15) is 5.65 Å². The number of carbonyl (C=O) groups excluding carboxylic acids is 1. The molecule has 0 spiro atoms. The largest absolute Gasteiger partial charge is 0.319 e. The first-order chi connectivity index (χ1) is 11.0. The van der Waals surface area contributed by atoms with Crippen molar-refractivity contribution in [2.45, 2.75) is 20.3 Å². The van der Waals surface area contributed by atoms with Gasteiger partial charge in [0, 0.05) is 11.9 Å². The number of nitrogens with one attached hydrogen (secondary N) is 1. The van der Waals surface area contributed by atoms with Gasteiger partial charge in [-0.25, -0.2) is 4.98 Å². The number of carbonyl (C=O) groups is 1. The van der Waals surface area contributed by atoms with Gasteiger partial charge >= 0.3 is 0 Å². The van der Waals surface area contributed by atoms with Crippen LogP contribution in [0.2, 0.25) is 10.0 Å². The van der Waals surface area contributed by atoms with Gasteiger partial charge in [0.2, 0.25) is 0 Å². The quantitative estimate of drug-likeness (QED) is 0.741. The fourth-order valence-electron chi connectivity index (χ4n) is 2.48. The molecule has 0 unspecified atom stereocenters. The van der Waals surface area contributed by atoms with Crippen molar-refractivity contribution in [3.05, 3.63) is 63.5 Å². The zero-order chi connectivity index (χ0) is 16.6. The highest BCUT2D eigenvalue weighted by Gasteiger charge is 2.14. The molecule has 0 bridgehead atoms. The predicted molar refractivity (Wildman–Crippen MR) is 93.7 cm³/mol. The fraction of sp³-hybridized carbons (Fsp3) is 0.176. The second-order valence-corrected chi connectivity index (χ2v) is 6.01. The topological polar surface area (TPSA) is 46.4 Å². The molecule has 0 saturated carbocycles. The molecule has 0 radical (unpaired) electrons. The minimum atomic E-state index is -0.270. The summed E-state index contributed by atoms with van der Waals surface area (Å²) in [5.41, 5.74) is 3.81. The van der Waals surface area contributed by atoms with Crippen LogP contribution >= 0.6 is 23.2 Å². The summed E-state index contributed by atoms with van der Waals surface area (Å²) in [6.45, 7) is 4.05. The van der Waals surface area contributed by atoms with E-state index in [2.05, 4.69) is 17.2 Å². The lowest BCUT2D eigenvalue weighted by Crippen LogP contribution is -2.13. The molecular formula is C17H15Cl2N3O. The number of pyridine rings is 1. The summed E-state index contributed by atoms with van der Waals surface area (Å²) < 4.78 is 1.92. The van der Waals surface area contributed by atoms with E-state index in [0.717, 1.165) is 23.5 Å². The molecule has 23 heavy (non-hydrogen) atoms. The molecule has 0 aliphatic heterocycles. The minimum absolute atomic E-state index is 0.270. The molecule has 2 aromatic heterocycles. The summed E-state index contributed by atoms with van der Waals surface area (Å²) >= 11 is 12.2. The molecule has 1 N–H and O–H groups in total. The van der Waals surface area contributed by atoms with Gasteiger partial charge in [0.15, 0.2) is 0 Å². The average Bonchev–Trinajstić information content (AvgIpc) is 2.86. The summed E-state index contributed by atoms with van der Waals surface area (Å²) in [7, 11) is 0. The van der Waals surface area contributed by atoms with Crippen molar-refractivity contribution >= 4 is 40.4 Å². The third-order valence-corrected chi connectivity index (χ3v) is 4.38. The number of hydrogen-bond acceptors (Lipinski definition) is 2. The van der Waals surface area contributed by atoms with Crippen molar-refractivity contribution in [2.75, 3.05) is 5.32 Å². The van der Waals surface area contributed by atoms with Crippen molar-refractivity contribution in [3.63, 3.8) is 0 Å². The monoisotopic (exact) mass is 347 g/mol. The van der Waals surface area contributed by atoms with Crippen molar-refractivity contribution in [2.24, 2.45) is 0 Å². The van der Waals surface area contributed by atoms with Crippen LogP contribution in [0.5, 0.6) is 0 Å². The Morgan fingerprint density at radius 1 is 1.22 bits per heavy atom. The van der Waals surface area contributed by atoms with E-state index < -0.39 is 0 Å². The van der Waals surface area contributed by atoms with Gasteiger partial charge in [-0.3, -0.25) is 4.79 Å². The maximum Gasteiger partial charge on any atom is 0.257 e. The van der Waals surface area contributed by atoms with Crippen LogP contribution in [0.25, 0.3) is 5.65 Å². The van der Waals surface area contributed by atoms with E-state index in [1.807, 2.05) is 17.4 Å². The van der Waals surface area contributed by atoms with Crippen LogP contribution in [-0.4, -0.2) is 15.3 Å². The zero-order valence-corrected chi connectivity index (χ0v) is 14.2. The number of rotatable bonds is 3. The van der Waals surface area contributed by atoms with Gasteiger partial charge in [-0.2, -0.15) is 0 Å². The number of imidazole rings is 1. The number of amides is 1. The Kier molecular flexibility index (Phi) is 4.28. The SMILES string of the molecule is CCc1nc2ccc(C(=O)Nc3c(Cl)cccc3Cl)cn2c1C. The van der Waals surface area contributed by atoms with Crippen molar-refractivity contribution < 1.29 is 4.79 Å². The van der Waals surface area contributed by atoms with Crippen molar-refractivity contribution in [3.8, 4) is 0 Å². The van der Waals surface area contributed by atoms with E-state index in [9.17, 15) is 4.79 Å². The van der Waals surface area contributed by atoms with Crippen LogP contribution in [0.15, 0.2) is 36.5 Å². The van der Waals surface area contributed by atoms with Gasteiger partial charge in [-0.05, 0) is 37.6 Å². The lowest BCUT2D eigenvalue weighted by molar-refractivity contribution is 0.102. The molecule has 3 rings (SSSR count). The fourth-order valence-corrected chi connectivity index (χ4v) is 2.97. The van der Waals surface area contributed by atoms with Gasteiger partial charge < -0.3 is 9.72 Å². The number of fused-ring (bicyclic) bond motifs is 1.